The molecule has 0 saturated heterocycles. The van der Waals surface area contributed by atoms with Gasteiger partial charge in [-0.1, -0.05) is 30.3 Å². The molecule has 0 unspecified atom stereocenters. The van der Waals surface area contributed by atoms with Crippen LogP contribution in [0.2, 0.25) is 0 Å². The molecule has 2 aromatic carbocycles. The lowest BCUT2D eigenvalue weighted by molar-refractivity contribution is -0.117. The lowest BCUT2D eigenvalue weighted by Crippen LogP contribution is -2.26. The molecule has 0 aliphatic carbocycles. The summed E-state index contributed by atoms with van der Waals surface area (Å²) in [6.07, 6.45) is 2.32. The van der Waals surface area contributed by atoms with Gasteiger partial charge in [-0.15, -0.1) is 0 Å². The van der Waals surface area contributed by atoms with Crippen LogP contribution in [-0.2, 0) is 9.53 Å². The Balaban J connectivity index is 2.30. The van der Waals surface area contributed by atoms with Crippen molar-refractivity contribution in [1.82, 2.24) is 5.32 Å². The number of hydrogen-bond acceptors (Lipinski definition) is 4. The maximum atomic E-state index is 12.2. The molecular formula is C20H22N2O3. The molecule has 0 saturated carbocycles. The molecule has 2 rings (SSSR count). The molecule has 25 heavy (non-hydrogen) atoms. The number of ether oxygens (including phenoxy) is 2. The molecule has 130 valence electrons. The van der Waals surface area contributed by atoms with Gasteiger partial charge in [-0.3, -0.25) is 4.79 Å². The Labute approximate surface area is 147 Å². The van der Waals surface area contributed by atoms with Crippen molar-refractivity contribution >= 4 is 22.8 Å². The van der Waals surface area contributed by atoms with Gasteiger partial charge in [-0.05, 0) is 36.4 Å². The highest BCUT2D eigenvalue weighted by Crippen LogP contribution is 2.29. The molecule has 0 heterocycles. The minimum Gasteiger partial charge on any atom is -0.493 e. The first kappa shape index (κ1) is 18.5. The molecule has 0 atom stereocenters. The largest absolute Gasteiger partial charge is 0.493 e. The van der Waals surface area contributed by atoms with Crippen molar-refractivity contribution in [3.63, 3.8) is 0 Å². The summed E-state index contributed by atoms with van der Waals surface area (Å²) in [6.45, 7) is 3.54. The highest BCUT2D eigenvalue weighted by atomic mass is 16.5. The van der Waals surface area contributed by atoms with Crippen LogP contribution < -0.4 is 10.1 Å². The summed E-state index contributed by atoms with van der Waals surface area (Å²) in [6, 6.07) is 13.5. The van der Waals surface area contributed by atoms with Crippen LogP contribution in [0, 0.1) is 11.3 Å². The van der Waals surface area contributed by atoms with Crippen molar-refractivity contribution in [2.75, 3.05) is 26.9 Å². The second kappa shape index (κ2) is 9.45. The molecule has 2 aromatic rings. The second-order valence-electron chi connectivity index (χ2n) is 5.40. The average molecular weight is 338 g/mol. The van der Waals surface area contributed by atoms with E-state index in [1.54, 1.807) is 13.2 Å². The number of nitriles is 1. The molecule has 0 bridgehead atoms. The van der Waals surface area contributed by atoms with Gasteiger partial charge >= 0.3 is 0 Å². The summed E-state index contributed by atoms with van der Waals surface area (Å²) < 4.78 is 10.6. The van der Waals surface area contributed by atoms with Gasteiger partial charge < -0.3 is 14.8 Å². The first-order valence-electron chi connectivity index (χ1n) is 8.24. The zero-order valence-corrected chi connectivity index (χ0v) is 14.5. The standard InChI is InChI=1S/C20H22N2O3/c1-3-25-19-10-9-15(17-7-4-5-8-18(17)19)13-16(14-21)20(23)22-11-6-12-24-2/h4-5,7-10,13H,3,6,11-12H2,1-2H3,(H,22,23). The third-order valence-corrected chi connectivity index (χ3v) is 3.69. The Hall–Kier alpha value is -2.84. The molecule has 0 aliphatic heterocycles. The molecule has 1 N–H and O–H groups in total. The van der Waals surface area contributed by atoms with Gasteiger partial charge in [0.1, 0.15) is 17.4 Å². The fourth-order valence-corrected chi connectivity index (χ4v) is 2.52. The minimum atomic E-state index is -0.378. The van der Waals surface area contributed by atoms with E-state index in [0.717, 1.165) is 22.1 Å². The maximum Gasteiger partial charge on any atom is 0.261 e. The summed E-state index contributed by atoms with van der Waals surface area (Å²) >= 11 is 0. The van der Waals surface area contributed by atoms with E-state index in [-0.39, 0.29) is 11.5 Å². The van der Waals surface area contributed by atoms with Crippen molar-refractivity contribution in [3.8, 4) is 11.8 Å². The van der Waals surface area contributed by atoms with Crippen LogP contribution in [0.15, 0.2) is 42.0 Å². The zero-order valence-electron chi connectivity index (χ0n) is 14.5. The number of hydrogen-bond donors (Lipinski definition) is 1. The third kappa shape index (κ3) is 4.82. The first-order valence-corrected chi connectivity index (χ1v) is 8.24. The summed E-state index contributed by atoms with van der Waals surface area (Å²) in [5.41, 5.74) is 0.884. The third-order valence-electron chi connectivity index (χ3n) is 3.69. The van der Waals surface area contributed by atoms with E-state index in [9.17, 15) is 10.1 Å². The maximum absolute atomic E-state index is 12.2. The molecule has 5 heteroatoms. The number of nitrogens with zero attached hydrogens (tertiary/aromatic N) is 1. The van der Waals surface area contributed by atoms with Crippen LogP contribution in [0.5, 0.6) is 5.75 Å². The molecular weight excluding hydrogens is 316 g/mol. The molecule has 5 nitrogen and oxygen atoms in total. The summed E-state index contributed by atoms with van der Waals surface area (Å²) in [4.78, 5) is 12.2. The van der Waals surface area contributed by atoms with Gasteiger partial charge in [0, 0.05) is 25.6 Å². The van der Waals surface area contributed by atoms with Crippen molar-refractivity contribution in [1.29, 1.82) is 5.26 Å². The second-order valence-corrected chi connectivity index (χ2v) is 5.40. The Bertz CT molecular complexity index is 806. The number of carbonyl (C=O) groups excluding carboxylic acids is 1. The van der Waals surface area contributed by atoms with Gasteiger partial charge in [-0.2, -0.15) is 5.26 Å². The van der Waals surface area contributed by atoms with Gasteiger partial charge in [0.2, 0.25) is 0 Å². The van der Waals surface area contributed by atoms with Crippen molar-refractivity contribution in [2.45, 2.75) is 13.3 Å². The fraction of sp³-hybridized carbons (Fsp3) is 0.300. The number of fused-ring (bicyclic) bond motifs is 1. The van der Waals surface area contributed by atoms with Gasteiger partial charge in [0.05, 0.1) is 6.61 Å². The van der Waals surface area contributed by atoms with E-state index < -0.39 is 0 Å². The Morgan fingerprint density at radius 1 is 1.24 bits per heavy atom. The van der Waals surface area contributed by atoms with Crippen LogP contribution in [0.25, 0.3) is 16.8 Å². The normalized spacial score (nSPS) is 11.2. The van der Waals surface area contributed by atoms with E-state index in [4.69, 9.17) is 9.47 Å². The van der Waals surface area contributed by atoms with E-state index >= 15 is 0 Å². The summed E-state index contributed by atoms with van der Waals surface area (Å²) in [5.74, 6) is 0.411. The highest BCUT2D eigenvalue weighted by Gasteiger charge is 2.11. The van der Waals surface area contributed by atoms with Crippen molar-refractivity contribution < 1.29 is 14.3 Å². The number of benzene rings is 2. The van der Waals surface area contributed by atoms with E-state index in [1.165, 1.54) is 0 Å². The molecule has 1 amide bonds. The molecule has 0 fully saturated rings. The lowest BCUT2D eigenvalue weighted by Gasteiger charge is -2.10. The SMILES string of the molecule is CCOc1ccc(C=C(C#N)C(=O)NCCCOC)c2ccccc12. The van der Waals surface area contributed by atoms with Crippen LogP contribution in [-0.4, -0.2) is 32.8 Å². The average Bonchev–Trinajstić information content (AvgIpc) is 2.64. The van der Waals surface area contributed by atoms with Crippen molar-refractivity contribution in [3.05, 3.63) is 47.5 Å². The Morgan fingerprint density at radius 3 is 2.68 bits per heavy atom. The van der Waals surface area contributed by atoms with Gasteiger partial charge in [0.25, 0.3) is 5.91 Å². The van der Waals surface area contributed by atoms with Gasteiger partial charge in [0.15, 0.2) is 0 Å². The van der Waals surface area contributed by atoms with Crippen LogP contribution in [0.1, 0.15) is 18.9 Å². The number of nitrogens with one attached hydrogen (secondary N) is 1. The van der Waals surface area contributed by atoms with E-state index in [0.29, 0.717) is 26.2 Å². The fourth-order valence-electron chi connectivity index (χ4n) is 2.52. The highest BCUT2D eigenvalue weighted by molar-refractivity contribution is 6.04. The summed E-state index contributed by atoms with van der Waals surface area (Å²) in [7, 11) is 1.61. The van der Waals surface area contributed by atoms with Gasteiger partial charge in [-0.25, -0.2) is 0 Å². The molecule has 0 aromatic heterocycles. The smallest absolute Gasteiger partial charge is 0.261 e. The molecule has 0 spiro atoms. The minimum absolute atomic E-state index is 0.0757. The Morgan fingerprint density at radius 2 is 2.00 bits per heavy atom. The van der Waals surface area contributed by atoms with Crippen LogP contribution in [0.3, 0.4) is 0 Å². The predicted molar refractivity (Wildman–Crippen MR) is 98.2 cm³/mol. The number of methoxy groups -OCH3 is 1. The predicted octanol–water partition coefficient (Wildman–Crippen LogP) is 3.30. The van der Waals surface area contributed by atoms with Crippen LogP contribution >= 0.6 is 0 Å². The quantitative estimate of drug-likeness (QED) is 0.455. The van der Waals surface area contributed by atoms with E-state index in [2.05, 4.69) is 5.32 Å². The number of amides is 1. The summed E-state index contributed by atoms with van der Waals surface area (Å²) in [5, 5.41) is 14.0. The topological polar surface area (TPSA) is 71.3 Å². The molecule has 0 radical (unpaired) electrons. The monoisotopic (exact) mass is 338 g/mol. The number of carbonyl (C=O) groups is 1. The lowest BCUT2D eigenvalue weighted by atomic mass is 10.0. The Kier molecular flexibility index (Phi) is 7.00. The first-order chi connectivity index (χ1) is 12.2. The van der Waals surface area contributed by atoms with E-state index in [1.807, 2.05) is 49.4 Å². The molecule has 0 aliphatic rings. The van der Waals surface area contributed by atoms with Crippen LogP contribution in [0.4, 0.5) is 0 Å². The zero-order chi connectivity index (χ0) is 18.1. The van der Waals surface area contributed by atoms with Crippen molar-refractivity contribution in [2.24, 2.45) is 0 Å². The number of rotatable bonds is 8.